The molecular formula is C15H17N3O2. The van der Waals surface area contributed by atoms with Crippen LogP contribution in [0.2, 0.25) is 0 Å². The van der Waals surface area contributed by atoms with Crippen LogP contribution in [0.4, 0.5) is 10.5 Å². The van der Waals surface area contributed by atoms with E-state index in [1.807, 2.05) is 24.3 Å². The van der Waals surface area contributed by atoms with Crippen molar-refractivity contribution in [1.29, 1.82) is 0 Å². The van der Waals surface area contributed by atoms with Crippen LogP contribution in [-0.2, 0) is 6.42 Å². The van der Waals surface area contributed by atoms with Gasteiger partial charge in [0.25, 0.3) is 0 Å². The SMILES string of the molecule is COc1ccccc1CCNC(=O)Nc1cccnc1. The van der Waals surface area contributed by atoms with Crippen LogP contribution in [0.15, 0.2) is 48.8 Å². The maximum atomic E-state index is 11.7. The first kappa shape index (κ1) is 13.9. The summed E-state index contributed by atoms with van der Waals surface area (Å²) in [6, 6.07) is 11.1. The van der Waals surface area contributed by atoms with Crippen LogP contribution in [0.25, 0.3) is 0 Å². The predicted molar refractivity (Wildman–Crippen MR) is 78.0 cm³/mol. The Kier molecular flexibility index (Phi) is 4.94. The van der Waals surface area contributed by atoms with Crippen LogP contribution in [0.1, 0.15) is 5.56 Å². The largest absolute Gasteiger partial charge is 0.496 e. The molecule has 0 saturated carbocycles. The maximum Gasteiger partial charge on any atom is 0.319 e. The number of methoxy groups -OCH3 is 1. The van der Waals surface area contributed by atoms with Crippen molar-refractivity contribution in [1.82, 2.24) is 10.3 Å². The monoisotopic (exact) mass is 271 g/mol. The fourth-order valence-electron chi connectivity index (χ4n) is 1.83. The number of hydrogen-bond acceptors (Lipinski definition) is 3. The standard InChI is InChI=1S/C15H17N3O2/c1-20-14-7-3-2-5-12(14)8-10-17-15(19)18-13-6-4-9-16-11-13/h2-7,9,11H,8,10H2,1H3,(H2,17,18,19). The highest BCUT2D eigenvalue weighted by Crippen LogP contribution is 2.17. The van der Waals surface area contributed by atoms with E-state index in [-0.39, 0.29) is 6.03 Å². The van der Waals surface area contributed by atoms with Gasteiger partial charge in [-0.15, -0.1) is 0 Å². The Bertz CT molecular complexity index is 558. The van der Waals surface area contributed by atoms with Gasteiger partial charge in [0.2, 0.25) is 0 Å². The molecule has 2 amide bonds. The fraction of sp³-hybridized carbons (Fsp3) is 0.200. The number of anilines is 1. The van der Waals surface area contributed by atoms with Gasteiger partial charge in [0.15, 0.2) is 0 Å². The minimum atomic E-state index is -0.243. The smallest absolute Gasteiger partial charge is 0.319 e. The van der Waals surface area contributed by atoms with Crippen molar-refractivity contribution in [2.75, 3.05) is 19.0 Å². The van der Waals surface area contributed by atoms with Gasteiger partial charge in [0.05, 0.1) is 19.0 Å². The van der Waals surface area contributed by atoms with Crippen molar-refractivity contribution in [2.24, 2.45) is 0 Å². The average Bonchev–Trinajstić information content (AvgIpc) is 2.49. The number of benzene rings is 1. The number of para-hydroxylation sites is 1. The third-order valence-corrected chi connectivity index (χ3v) is 2.79. The number of amides is 2. The highest BCUT2D eigenvalue weighted by molar-refractivity contribution is 5.88. The molecule has 5 nitrogen and oxygen atoms in total. The van der Waals surface area contributed by atoms with Gasteiger partial charge < -0.3 is 15.4 Å². The van der Waals surface area contributed by atoms with Crippen molar-refractivity contribution in [3.05, 3.63) is 54.4 Å². The zero-order chi connectivity index (χ0) is 14.2. The zero-order valence-corrected chi connectivity index (χ0v) is 11.3. The molecule has 2 aromatic rings. The summed E-state index contributed by atoms with van der Waals surface area (Å²) < 4.78 is 5.26. The molecule has 0 fully saturated rings. The summed E-state index contributed by atoms with van der Waals surface area (Å²) in [5, 5.41) is 5.51. The molecule has 0 spiro atoms. The van der Waals surface area contributed by atoms with Gasteiger partial charge in [-0.25, -0.2) is 4.79 Å². The number of urea groups is 1. The Morgan fingerprint density at radius 3 is 2.85 bits per heavy atom. The number of pyridine rings is 1. The number of carbonyl (C=O) groups is 1. The zero-order valence-electron chi connectivity index (χ0n) is 11.3. The molecule has 1 heterocycles. The third kappa shape index (κ3) is 3.98. The summed E-state index contributed by atoms with van der Waals surface area (Å²) in [6.45, 7) is 0.534. The second-order valence-electron chi connectivity index (χ2n) is 4.18. The van der Waals surface area contributed by atoms with Crippen LogP contribution in [0.3, 0.4) is 0 Å². The lowest BCUT2D eigenvalue weighted by atomic mass is 10.1. The quantitative estimate of drug-likeness (QED) is 0.878. The molecule has 0 aliphatic heterocycles. The Balaban J connectivity index is 1.79. The molecule has 5 heteroatoms. The van der Waals surface area contributed by atoms with Crippen LogP contribution < -0.4 is 15.4 Å². The minimum Gasteiger partial charge on any atom is -0.496 e. The predicted octanol–water partition coefficient (Wildman–Crippen LogP) is 2.45. The first-order chi connectivity index (χ1) is 9.79. The van der Waals surface area contributed by atoms with Crippen molar-refractivity contribution < 1.29 is 9.53 Å². The minimum absolute atomic E-state index is 0.243. The lowest BCUT2D eigenvalue weighted by Crippen LogP contribution is -2.30. The van der Waals surface area contributed by atoms with E-state index < -0.39 is 0 Å². The summed E-state index contributed by atoms with van der Waals surface area (Å²) in [6.07, 6.45) is 3.97. The molecule has 0 saturated heterocycles. The van der Waals surface area contributed by atoms with Gasteiger partial charge in [-0.2, -0.15) is 0 Å². The molecule has 2 rings (SSSR count). The van der Waals surface area contributed by atoms with Gasteiger partial charge in [-0.1, -0.05) is 18.2 Å². The lowest BCUT2D eigenvalue weighted by molar-refractivity contribution is 0.252. The normalized spacial score (nSPS) is 9.85. The summed E-state index contributed by atoms with van der Waals surface area (Å²) in [7, 11) is 1.64. The maximum absolute atomic E-state index is 11.7. The van der Waals surface area contributed by atoms with Crippen molar-refractivity contribution in [3.8, 4) is 5.75 Å². The average molecular weight is 271 g/mol. The van der Waals surface area contributed by atoms with E-state index in [0.29, 0.717) is 18.7 Å². The lowest BCUT2D eigenvalue weighted by Gasteiger charge is -2.09. The number of nitrogens with zero attached hydrogens (tertiary/aromatic N) is 1. The first-order valence-corrected chi connectivity index (χ1v) is 6.36. The molecule has 1 aromatic heterocycles. The van der Waals surface area contributed by atoms with E-state index in [2.05, 4.69) is 15.6 Å². The van der Waals surface area contributed by atoms with Crippen LogP contribution in [-0.4, -0.2) is 24.7 Å². The van der Waals surface area contributed by atoms with Crippen molar-refractivity contribution in [3.63, 3.8) is 0 Å². The molecular weight excluding hydrogens is 254 g/mol. The van der Waals surface area contributed by atoms with Crippen LogP contribution in [0, 0.1) is 0 Å². The van der Waals surface area contributed by atoms with Crippen molar-refractivity contribution in [2.45, 2.75) is 6.42 Å². The topological polar surface area (TPSA) is 63.2 Å². The van der Waals surface area contributed by atoms with Crippen LogP contribution >= 0.6 is 0 Å². The Hall–Kier alpha value is -2.56. The van der Waals surface area contributed by atoms with E-state index in [0.717, 1.165) is 11.3 Å². The molecule has 20 heavy (non-hydrogen) atoms. The van der Waals surface area contributed by atoms with E-state index >= 15 is 0 Å². The number of ether oxygens (including phenoxy) is 1. The Morgan fingerprint density at radius 2 is 2.10 bits per heavy atom. The highest BCUT2D eigenvalue weighted by Gasteiger charge is 2.04. The van der Waals surface area contributed by atoms with E-state index in [1.54, 1.807) is 31.6 Å². The number of carbonyl (C=O) groups excluding carboxylic acids is 1. The van der Waals surface area contributed by atoms with Gasteiger partial charge in [-0.3, -0.25) is 4.98 Å². The molecule has 2 N–H and O–H groups in total. The van der Waals surface area contributed by atoms with E-state index in [9.17, 15) is 4.79 Å². The van der Waals surface area contributed by atoms with Gasteiger partial charge in [0, 0.05) is 12.7 Å². The summed E-state index contributed by atoms with van der Waals surface area (Å²) >= 11 is 0. The van der Waals surface area contributed by atoms with Gasteiger partial charge in [-0.05, 0) is 30.2 Å². The fourth-order valence-corrected chi connectivity index (χ4v) is 1.83. The summed E-state index contributed by atoms with van der Waals surface area (Å²) in [5.74, 6) is 0.835. The Morgan fingerprint density at radius 1 is 1.25 bits per heavy atom. The molecule has 1 aromatic carbocycles. The van der Waals surface area contributed by atoms with Gasteiger partial charge in [0.1, 0.15) is 5.75 Å². The third-order valence-electron chi connectivity index (χ3n) is 2.79. The molecule has 0 aliphatic rings. The Labute approximate surface area is 118 Å². The second-order valence-corrected chi connectivity index (χ2v) is 4.18. The molecule has 0 bridgehead atoms. The number of aromatic nitrogens is 1. The second kappa shape index (κ2) is 7.13. The molecule has 0 unspecified atom stereocenters. The molecule has 0 radical (unpaired) electrons. The van der Waals surface area contributed by atoms with Crippen LogP contribution in [0.5, 0.6) is 5.75 Å². The number of rotatable bonds is 5. The molecule has 0 atom stereocenters. The highest BCUT2D eigenvalue weighted by atomic mass is 16.5. The summed E-state index contributed by atoms with van der Waals surface area (Å²) in [4.78, 5) is 15.6. The van der Waals surface area contributed by atoms with Crippen molar-refractivity contribution >= 4 is 11.7 Å². The van der Waals surface area contributed by atoms with E-state index in [1.165, 1.54) is 0 Å². The molecule has 104 valence electrons. The summed E-state index contributed by atoms with van der Waals surface area (Å²) in [5.41, 5.74) is 1.74. The van der Waals surface area contributed by atoms with Gasteiger partial charge >= 0.3 is 6.03 Å². The first-order valence-electron chi connectivity index (χ1n) is 6.36. The number of nitrogens with one attached hydrogen (secondary N) is 2. The molecule has 0 aliphatic carbocycles. The van der Waals surface area contributed by atoms with E-state index in [4.69, 9.17) is 4.74 Å². The number of hydrogen-bond donors (Lipinski definition) is 2.